The van der Waals surface area contributed by atoms with Crippen LogP contribution in [-0.4, -0.2) is 16.7 Å². The van der Waals surface area contributed by atoms with Crippen LogP contribution in [0.5, 0.6) is 0 Å². The molecule has 11 heavy (non-hydrogen) atoms. The summed E-state index contributed by atoms with van der Waals surface area (Å²) in [5.74, 6) is 0. The first-order valence-corrected chi connectivity index (χ1v) is 3.41. The molecule has 4 nitrogen and oxygen atoms in total. The lowest BCUT2D eigenvalue weighted by Gasteiger charge is -2.16. The van der Waals surface area contributed by atoms with Gasteiger partial charge >= 0.3 is 0 Å². The average molecular weight is 154 g/mol. The van der Waals surface area contributed by atoms with Crippen LogP contribution in [0.2, 0.25) is 0 Å². The molecule has 0 radical (unpaired) electrons. The maximum absolute atomic E-state index is 10.5. The monoisotopic (exact) mass is 154 g/mol. The van der Waals surface area contributed by atoms with E-state index in [1.165, 1.54) is 6.21 Å². The molecule has 0 fully saturated rings. The summed E-state index contributed by atoms with van der Waals surface area (Å²) in [4.78, 5) is 14.1. The minimum Gasteiger partial charge on any atom is -0.264 e. The van der Waals surface area contributed by atoms with Crippen LogP contribution in [-0.2, 0) is 0 Å². The van der Waals surface area contributed by atoms with Gasteiger partial charge in [-0.25, -0.2) is 0 Å². The van der Waals surface area contributed by atoms with Crippen LogP contribution < -0.4 is 0 Å². The SMILES string of the molecule is CC1=CCC(C)([N+](=O)[O-])C=N1. The molecule has 1 atom stereocenters. The molecule has 1 rings (SSSR count). The van der Waals surface area contributed by atoms with E-state index >= 15 is 0 Å². The standard InChI is InChI=1S/C7H10N2O2/c1-6-3-4-7(2,5-8-6)9(10)11/h3,5H,4H2,1-2H3. The number of nitrogens with zero attached hydrogens (tertiary/aromatic N) is 2. The van der Waals surface area contributed by atoms with Crippen LogP contribution in [0.1, 0.15) is 20.3 Å². The molecule has 4 heteroatoms. The Hall–Kier alpha value is -1.19. The van der Waals surface area contributed by atoms with Crippen molar-refractivity contribution >= 4 is 6.21 Å². The third-order valence-electron chi connectivity index (χ3n) is 1.77. The van der Waals surface area contributed by atoms with Crippen molar-refractivity contribution < 1.29 is 4.92 Å². The minimum atomic E-state index is -0.987. The fourth-order valence-electron chi connectivity index (χ4n) is 0.822. The van der Waals surface area contributed by atoms with Crippen LogP contribution in [0, 0.1) is 10.1 Å². The zero-order valence-electron chi connectivity index (χ0n) is 6.57. The molecule has 0 saturated carbocycles. The molecule has 60 valence electrons. The van der Waals surface area contributed by atoms with Crippen LogP contribution in [0.3, 0.4) is 0 Å². The van der Waals surface area contributed by atoms with Gasteiger partial charge in [-0.3, -0.25) is 15.1 Å². The van der Waals surface area contributed by atoms with Gasteiger partial charge < -0.3 is 0 Å². The van der Waals surface area contributed by atoms with E-state index in [1.807, 2.05) is 6.92 Å². The molecule has 1 aliphatic heterocycles. The molecule has 0 aliphatic carbocycles. The second kappa shape index (κ2) is 2.45. The predicted octanol–water partition coefficient (Wildman–Crippen LogP) is 1.40. The molecular formula is C7H10N2O2. The number of rotatable bonds is 1. The van der Waals surface area contributed by atoms with Gasteiger partial charge in [-0.1, -0.05) is 6.08 Å². The summed E-state index contributed by atoms with van der Waals surface area (Å²) in [5.41, 5.74) is -0.135. The molecule has 0 aromatic heterocycles. The van der Waals surface area contributed by atoms with Gasteiger partial charge in [0.2, 0.25) is 0 Å². The molecule has 1 aliphatic rings. The maximum atomic E-state index is 10.5. The first-order chi connectivity index (χ1) is 5.04. The molecule has 0 aromatic carbocycles. The summed E-state index contributed by atoms with van der Waals surface area (Å²) in [7, 11) is 0. The van der Waals surface area contributed by atoms with E-state index in [9.17, 15) is 10.1 Å². The molecule has 1 heterocycles. The lowest BCUT2D eigenvalue weighted by molar-refractivity contribution is -0.540. The molecule has 0 aromatic rings. The Morgan fingerprint density at radius 3 is 2.82 bits per heavy atom. The van der Waals surface area contributed by atoms with Crippen LogP contribution in [0.25, 0.3) is 0 Å². The smallest absolute Gasteiger partial charge is 0.257 e. The highest BCUT2D eigenvalue weighted by molar-refractivity contribution is 5.70. The van der Waals surface area contributed by atoms with Crippen LogP contribution in [0.4, 0.5) is 0 Å². The number of nitro groups is 1. The van der Waals surface area contributed by atoms with Crippen molar-refractivity contribution in [3.8, 4) is 0 Å². The largest absolute Gasteiger partial charge is 0.264 e. The first kappa shape index (κ1) is 7.91. The van der Waals surface area contributed by atoms with Crippen LogP contribution in [0.15, 0.2) is 16.8 Å². The highest BCUT2D eigenvalue weighted by atomic mass is 16.6. The fraction of sp³-hybridized carbons (Fsp3) is 0.571. The lowest BCUT2D eigenvalue weighted by Crippen LogP contribution is -2.37. The summed E-state index contributed by atoms with van der Waals surface area (Å²) in [6, 6.07) is 0. The number of aliphatic imine (C=N–C) groups is 1. The molecule has 0 spiro atoms. The first-order valence-electron chi connectivity index (χ1n) is 3.41. The van der Waals surface area contributed by atoms with Gasteiger partial charge in [-0.05, 0) is 6.92 Å². The highest BCUT2D eigenvalue weighted by Crippen LogP contribution is 2.18. The van der Waals surface area contributed by atoms with Gasteiger partial charge in [0.15, 0.2) is 0 Å². The van der Waals surface area contributed by atoms with Crippen molar-refractivity contribution in [1.29, 1.82) is 0 Å². The Balaban J connectivity index is 2.82. The van der Waals surface area contributed by atoms with Crippen molar-refractivity contribution in [3.63, 3.8) is 0 Å². The Morgan fingerprint density at radius 1 is 1.82 bits per heavy atom. The van der Waals surface area contributed by atoms with E-state index in [-0.39, 0.29) is 4.92 Å². The quantitative estimate of drug-likeness (QED) is 0.423. The Morgan fingerprint density at radius 2 is 2.45 bits per heavy atom. The average Bonchev–Trinajstić information content (AvgIpc) is 1.95. The van der Waals surface area contributed by atoms with Crippen molar-refractivity contribution in [2.45, 2.75) is 25.8 Å². The number of hydrogen-bond donors (Lipinski definition) is 0. The fourth-order valence-corrected chi connectivity index (χ4v) is 0.822. The van der Waals surface area contributed by atoms with Crippen molar-refractivity contribution in [1.82, 2.24) is 0 Å². The topological polar surface area (TPSA) is 55.5 Å². The van der Waals surface area contributed by atoms with E-state index in [0.717, 1.165) is 5.70 Å². The van der Waals surface area contributed by atoms with E-state index in [0.29, 0.717) is 6.42 Å². The van der Waals surface area contributed by atoms with Gasteiger partial charge in [0.1, 0.15) is 0 Å². The van der Waals surface area contributed by atoms with Gasteiger partial charge in [-0.2, -0.15) is 0 Å². The van der Waals surface area contributed by atoms with Crippen molar-refractivity contribution in [2.24, 2.45) is 4.99 Å². The van der Waals surface area contributed by atoms with E-state index in [4.69, 9.17) is 0 Å². The molecule has 0 saturated heterocycles. The van der Waals surface area contributed by atoms with Gasteiger partial charge in [0, 0.05) is 24.0 Å². The maximum Gasteiger partial charge on any atom is 0.257 e. The second-order valence-corrected chi connectivity index (χ2v) is 2.92. The summed E-state index contributed by atoms with van der Waals surface area (Å²) >= 11 is 0. The van der Waals surface area contributed by atoms with E-state index in [1.54, 1.807) is 13.0 Å². The molecule has 0 N–H and O–H groups in total. The lowest BCUT2D eigenvalue weighted by atomic mass is 9.98. The van der Waals surface area contributed by atoms with Gasteiger partial charge in [0.25, 0.3) is 5.54 Å². The zero-order valence-corrected chi connectivity index (χ0v) is 6.57. The third-order valence-corrected chi connectivity index (χ3v) is 1.77. The predicted molar refractivity (Wildman–Crippen MR) is 42.3 cm³/mol. The van der Waals surface area contributed by atoms with E-state index in [2.05, 4.69) is 4.99 Å². The molecular weight excluding hydrogens is 144 g/mol. The summed E-state index contributed by atoms with van der Waals surface area (Å²) < 4.78 is 0. The molecule has 0 amide bonds. The Labute approximate surface area is 64.8 Å². The van der Waals surface area contributed by atoms with Crippen molar-refractivity contribution in [3.05, 3.63) is 21.9 Å². The van der Waals surface area contributed by atoms with Crippen molar-refractivity contribution in [2.75, 3.05) is 0 Å². The third kappa shape index (κ3) is 1.45. The minimum absolute atomic E-state index is 0.306. The Bertz CT molecular complexity index is 245. The van der Waals surface area contributed by atoms with Gasteiger partial charge in [0.05, 0.1) is 6.21 Å². The number of hydrogen-bond acceptors (Lipinski definition) is 3. The summed E-state index contributed by atoms with van der Waals surface area (Å²) in [5, 5.41) is 10.5. The zero-order chi connectivity index (χ0) is 8.48. The highest BCUT2D eigenvalue weighted by Gasteiger charge is 2.35. The number of allylic oxidation sites excluding steroid dienone is 1. The Kier molecular flexibility index (Phi) is 1.76. The summed E-state index contributed by atoms with van der Waals surface area (Å²) in [6.07, 6.45) is 3.63. The summed E-state index contributed by atoms with van der Waals surface area (Å²) in [6.45, 7) is 3.40. The van der Waals surface area contributed by atoms with E-state index < -0.39 is 5.54 Å². The van der Waals surface area contributed by atoms with Gasteiger partial charge in [-0.15, -0.1) is 0 Å². The normalized spacial score (nSPS) is 29.8. The molecule has 1 unspecified atom stereocenters. The van der Waals surface area contributed by atoms with Crippen LogP contribution >= 0.6 is 0 Å². The molecule has 0 bridgehead atoms. The second-order valence-electron chi connectivity index (χ2n) is 2.92.